The van der Waals surface area contributed by atoms with Gasteiger partial charge in [0.25, 0.3) is 0 Å². The lowest BCUT2D eigenvalue weighted by Gasteiger charge is -2.40. The average molecular weight is 474 g/mol. The highest BCUT2D eigenvalue weighted by Crippen LogP contribution is 2.40. The number of nitriles is 1. The summed E-state index contributed by atoms with van der Waals surface area (Å²) in [5.41, 5.74) is 4.52. The van der Waals surface area contributed by atoms with Gasteiger partial charge < -0.3 is 9.47 Å². The van der Waals surface area contributed by atoms with Gasteiger partial charge >= 0.3 is 0 Å². The normalized spacial score (nSPS) is 26.8. The third-order valence-corrected chi connectivity index (χ3v) is 8.30. The van der Waals surface area contributed by atoms with E-state index in [0.29, 0.717) is 29.4 Å². The first kappa shape index (κ1) is 25.9. The number of hydrogen-bond acceptors (Lipinski definition) is 3. The van der Waals surface area contributed by atoms with Crippen molar-refractivity contribution >= 4 is 0 Å². The van der Waals surface area contributed by atoms with E-state index in [4.69, 9.17) is 14.7 Å². The highest BCUT2D eigenvalue weighted by Gasteiger charge is 2.35. The summed E-state index contributed by atoms with van der Waals surface area (Å²) in [5, 5.41) is 9.00. The lowest BCUT2D eigenvalue weighted by Crippen LogP contribution is -2.42. The van der Waals surface area contributed by atoms with Crippen molar-refractivity contribution < 1.29 is 9.47 Å². The fourth-order valence-electron chi connectivity index (χ4n) is 5.88. The van der Waals surface area contributed by atoms with Crippen LogP contribution in [0.25, 0.3) is 11.1 Å². The Hall–Kier alpha value is -2.15. The molecular formula is C32H43NO2. The Morgan fingerprint density at radius 2 is 1.46 bits per heavy atom. The van der Waals surface area contributed by atoms with E-state index in [1.165, 1.54) is 81.8 Å². The van der Waals surface area contributed by atoms with Crippen molar-refractivity contribution in [2.45, 2.75) is 103 Å². The van der Waals surface area contributed by atoms with Crippen molar-refractivity contribution in [2.75, 3.05) is 6.61 Å². The van der Waals surface area contributed by atoms with Crippen LogP contribution in [0, 0.1) is 23.2 Å². The molecule has 0 aromatic heterocycles. The Morgan fingerprint density at radius 3 is 2.09 bits per heavy atom. The van der Waals surface area contributed by atoms with Crippen LogP contribution in [0.15, 0.2) is 48.5 Å². The number of hydrogen-bond donors (Lipinski definition) is 0. The highest BCUT2D eigenvalue weighted by molar-refractivity contribution is 5.64. The van der Waals surface area contributed by atoms with E-state index in [1.54, 1.807) is 0 Å². The molecule has 1 aliphatic heterocycles. The molecule has 0 radical (unpaired) electrons. The number of ether oxygens (including phenoxy) is 2. The summed E-state index contributed by atoms with van der Waals surface area (Å²) < 4.78 is 12.7. The molecule has 2 fully saturated rings. The molecule has 0 N–H and O–H groups in total. The van der Waals surface area contributed by atoms with Crippen molar-refractivity contribution in [3.05, 3.63) is 59.7 Å². The van der Waals surface area contributed by atoms with Crippen molar-refractivity contribution in [3.8, 4) is 17.2 Å². The maximum Gasteiger partial charge on any atom is 0.160 e. The second kappa shape index (κ2) is 13.2. The zero-order chi connectivity index (χ0) is 24.5. The first-order valence-electron chi connectivity index (χ1n) is 14.1. The van der Waals surface area contributed by atoms with Gasteiger partial charge in [-0.05, 0) is 73.8 Å². The van der Waals surface area contributed by atoms with Gasteiger partial charge in [0.05, 0.1) is 24.3 Å². The van der Waals surface area contributed by atoms with Gasteiger partial charge in [-0.15, -0.1) is 0 Å². The molecule has 4 rings (SSSR count). The van der Waals surface area contributed by atoms with E-state index in [0.717, 1.165) is 12.2 Å². The van der Waals surface area contributed by atoms with E-state index in [1.807, 2.05) is 24.3 Å². The molecule has 3 heteroatoms. The minimum Gasteiger partial charge on any atom is -0.352 e. The largest absolute Gasteiger partial charge is 0.352 e. The van der Waals surface area contributed by atoms with Crippen LogP contribution in [0.4, 0.5) is 0 Å². The summed E-state index contributed by atoms with van der Waals surface area (Å²) >= 11 is 0. The average Bonchev–Trinajstić information content (AvgIpc) is 2.91. The molecule has 0 bridgehead atoms. The lowest BCUT2D eigenvalue weighted by molar-refractivity contribution is -0.257. The van der Waals surface area contributed by atoms with Crippen molar-refractivity contribution in [3.63, 3.8) is 0 Å². The van der Waals surface area contributed by atoms with Crippen LogP contribution >= 0.6 is 0 Å². The Bertz CT molecular complexity index is 922. The summed E-state index contributed by atoms with van der Waals surface area (Å²) in [6.07, 6.45) is 14.4. The monoisotopic (exact) mass is 473 g/mol. The van der Waals surface area contributed by atoms with Gasteiger partial charge in [-0.1, -0.05) is 81.8 Å². The summed E-state index contributed by atoms with van der Waals surface area (Å²) in [4.78, 5) is 0. The summed E-state index contributed by atoms with van der Waals surface area (Å²) in [7, 11) is 0. The van der Waals surface area contributed by atoms with Crippen LogP contribution in [-0.2, 0) is 9.47 Å². The SMILES string of the molecule is CCCCCCCC[C@@H]1CO[C@@H](C2CCC(c3ccc(-c4ccc(C#N)cc4)cc3)CC2)OC1C. The second-order valence-corrected chi connectivity index (χ2v) is 10.8. The van der Waals surface area contributed by atoms with Crippen molar-refractivity contribution in [2.24, 2.45) is 11.8 Å². The number of benzene rings is 2. The first-order valence-corrected chi connectivity index (χ1v) is 14.1. The molecule has 0 spiro atoms. The molecule has 3 atom stereocenters. The van der Waals surface area contributed by atoms with Gasteiger partial charge in [0.15, 0.2) is 6.29 Å². The van der Waals surface area contributed by atoms with Crippen LogP contribution < -0.4 is 0 Å². The van der Waals surface area contributed by atoms with E-state index in [-0.39, 0.29) is 6.29 Å². The summed E-state index contributed by atoms with van der Waals surface area (Å²) in [6, 6.07) is 19.1. The third kappa shape index (κ3) is 7.18. The molecular weight excluding hydrogens is 430 g/mol. The van der Waals surface area contributed by atoms with E-state index < -0.39 is 0 Å². The Kier molecular flexibility index (Phi) is 9.81. The second-order valence-electron chi connectivity index (χ2n) is 10.8. The number of rotatable bonds is 10. The summed E-state index contributed by atoms with van der Waals surface area (Å²) in [6.45, 7) is 5.41. The number of nitrogens with zero attached hydrogens (tertiary/aromatic N) is 1. The Balaban J connectivity index is 1.20. The fraction of sp³-hybridized carbons (Fsp3) is 0.594. The maximum atomic E-state index is 9.00. The van der Waals surface area contributed by atoms with Gasteiger partial charge in [-0.3, -0.25) is 0 Å². The standard InChI is InChI=1S/C32H43NO2/c1-3-4-5-6-7-8-9-31-23-34-32(35-24(31)2)30-20-18-29(19-21-30)28-16-14-27(15-17-28)26-12-10-25(22-33)11-13-26/h10-17,24,29-32H,3-9,18-21,23H2,1-2H3/t24?,29?,30?,31-,32-/m1/s1. The van der Waals surface area contributed by atoms with Gasteiger partial charge in [-0.2, -0.15) is 5.26 Å². The van der Waals surface area contributed by atoms with Gasteiger partial charge in [0.1, 0.15) is 0 Å². The molecule has 2 aliphatic rings. The molecule has 2 aromatic rings. The molecule has 1 aliphatic carbocycles. The van der Waals surface area contributed by atoms with E-state index in [9.17, 15) is 0 Å². The van der Waals surface area contributed by atoms with Gasteiger partial charge in [-0.25, -0.2) is 0 Å². The van der Waals surface area contributed by atoms with Crippen LogP contribution in [-0.4, -0.2) is 19.0 Å². The zero-order valence-electron chi connectivity index (χ0n) is 21.8. The van der Waals surface area contributed by atoms with Crippen molar-refractivity contribution in [1.82, 2.24) is 0 Å². The molecule has 1 heterocycles. The van der Waals surface area contributed by atoms with E-state index in [2.05, 4.69) is 44.2 Å². The minimum absolute atomic E-state index is 0.00878. The molecule has 2 aromatic carbocycles. The van der Waals surface area contributed by atoms with Crippen molar-refractivity contribution in [1.29, 1.82) is 5.26 Å². The molecule has 3 nitrogen and oxygen atoms in total. The topological polar surface area (TPSA) is 42.2 Å². The third-order valence-electron chi connectivity index (χ3n) is 8.30. The molecule has 1 unspecified atom stereocenters. The highest BCUT2D eigenvalue weighted by atomic mass is 16.7. The van der Waals surface area contributed by atoms with Crippen LogP contribution in [0.3, 0.4) is 0 Å². The maximum absolute atomic E-state index is 9.00. The quantitative estimate of drug-likeness (QED) is 0.324. The molecule has 1 saturated carbocycles. The Morgan fingerprint density at radius 1 is 0.829 bits per heavy atom. The fourth-order valence-corrected chi connectivity index (χ4v) is 5.88. The van der Waals surface area contributed by atoms with E-state index >= 15 is 0 Å². The smallest absolute Gasteiger partial charge is 0.160 e. The van der Waals surface area contributed by atoms with Gasteiger partial charge in [0.2, 0.25) is 0 Å². The summed E-state index contributed by atoms with van der Waals surface area (Å²) in [5.74, 6) is 1.72. The zero-order valence-corrected chi connectivity index (χ0v) is 21.8. The van der Waals surface area contributed by atoms with Gasteiger partial charge in [0, 0.05) is 11.8 Å². The molecule has 0 amide bonds. The molecule has 188 valence electrons. The predicted molar refractivity (Wildman–Crippen MR) is 143 cm³/mol. The molecule has 35 heavy (non-hydrogen) atoms. The van der Waals surface area contributed by atoms with Crippen LogP contribution in [0.2, 0.25) is 0 Å². The lowest BCUT2D eigenvalue weighted by atomic mass is 9.78. The Labute approximate surface area is 212 Å². The van der Waals surface area contributed by atoms with Crippen LogP contribution in [0.5, 0.6) is 0 Å². The van der Waals surface area contributed by atoms with Crippen LogP contribution in [0.1, 0.15) is 102 Å². The molecule has 1 saturated heterocycles. The minimum atomic E-state index is -0.00878. The first-order chi connectivity index (χ1) is 17.2. The predicted octanol–water partition coefficient (Wildman–Crippen LogP) is 8.63. The number of unbranched alkanes of at least 4 members (excludes halogenated alkanes) is 5.